The van der Waals surface area contributed by atoms with Crippen LogP contribution in [0.3, 0.4) is 0 Å². The van der Waals surface area contributed by atoms with Gasteiger partial charge >= 0.3 is 0 Å². The number of anilines is 1. The smallest absolute Gasteiger partial charge is 0.220 e. The average Bonchev–Trinajstić information content (AvgIpc) is 2.29. The first-order valence-corrected chi connectivity index (χ1v) is 5.96. The van der Waals surface area contributed by atoms with E-state index in [1.54, 1.807) is 0 Å². The summed E-state index contributed by atoms with van der Waals surface area (Å²) in [4.78, 5) is 8.56. The van der Waals surface area contributed by atoms with Crippen LogP contribution in [0, 0.1) is 5.92 Å². The first kappa shape index (κ1) is 9.13. The molecule has 0 aliphatic heterocycles. The standard InChI is InChI=1S/C12H17N3/c13-12-14-7-9-6-5-8-3-1-2-4-10(8)11(9)15-12/h7-8,10H,1-6H2,(H2,13,14,15). The maximum atomic E-state index is 5.68. The molecule has 0 amide bonds. The van der Waals surface area contributed by atoms with E-state index in [2.05, 4.69) is 9.97 Å². The highest BCUT2D eigenvalue weighted by Gasteiger charge is 2.32. The van der Waals surface area contributed by atoms with E-state index in [4.69, 9.17) is 5.73 Å². The number of aryl methyl sites for hydroxylation is 1. The molecule has 3 nitrogen and oxygen atoms in total. The second kappa shape index (κ2) is 3.47. The van der Waals surface area contributed by atoms with Crippen LogP contribution in [0.2, 0.25) is 0 Å². The fourth-order valence-corrected chi connectivity index (χ4v) is 3.20. The molecule has 2 aliphatic carbocycles. The number of hydrogen-bond donors (Lipinski definition) is 1. The zero-order chi connectivity index (χ0) is 10.3. The SMILES string of the molecule is Nc1ncc2c(n1)C1CCCCC1CC2. The number of fused-ring (bicyclic) bond motifs is 3. The van der Waals surface area contributed by atoms with Crippen molar-refractivity contribution in [1.29, 1.82) is 0 Å². The van der Waals surface area contributed by atoms with Crippen molar-refractivity contribution in [3.05, 3.63) is 17.5 Å². The summed E-state index contributed by atoms with van der Waals surface area (Å²) in [6, 6.07) is 0. The lowest BCUT2D eigenvalue weighted by molar-refractivity contribution is 0.270. The van der Waals surface area contributed by atoms with Crippen LogP contribution >= 0.6 is 0 Å². The quantitative estimate of drug-likeness (QED) is 0.703. The van der Waals surface area contributed by atoms with Crippen LogP contribution in [0.5, 0.6) is 0 Å². The van der Waals surface area contributed by atoms with Crippen LogP contribution in [0.25, 0.3) is 0 Å². The molecule has 2 atom stereocenters. The van der Waals surface area contributed by atoms with Crippen LogP contribution < -0.4 is 5.73 Å². The van der Waals surface area contributed by atoms with Gasteiger partial charge in [0.2, 0.25) is 5.95 Å². The minimum absolute atomic E-state index is 0.444. The third kappa shape index (κ3) is 1.50. The van der Waals surface area contributed by atoms with Gasteiger partial charge in [-0.2, -0.15) is 0 Å². The molecule has 2 N–H and O–H groups in total. The normalized spacial score (nSPS) is 29.3. The van der Waals surface area contributed by atoms with Gasteiger partial charge in [-0.25, -0.2) is 9.97 Å². The maximum Gasteiger partial charge on any atom is 0.220 e. The number of nitrogens with two attached hydrogens (primary N) is 1. The van der Waals surface area contributed by atoms with Crippen molar-refractivity contribution in [2.24, 2.45) is 5.92 Å². The number of rotatable bonds is 0. The van der Waals surface area contributed by atoms with E-state index in [1.165, 1.54) is 43.4 Å². The summed E-state index contributed by atoms with van der Waals surface area (Å²) in [6.07, 6.45) is 9.84. The van der Waals surface area contributed by atoms with Gasteiger partial charge in [0, 0.05) is 12.1 Å². The molecule has 0 aromatic carbocycles. The molecule has 1 fully saturated rings. The molecule has 0 spiro atoms. The van der Waals surface area contributed by atoms with Crippen molar-refractivity contribution in [2.75, 3.05) is 5.73 Å². The number of aromatic nitrogens is 2. The van der Waals surface area contributed by atoms with Crippen molar-refractivity contribution < 1.29 is 0 Å². The minimum Gasteiger partial charge on any atom is -0.368 e. The molecular formula is C12H17N3. The lowest BCUT2D eigenvalue weighted by atomic mass is 9.70. The van der Waals surface area contributed by atoms with Crippen LogP contribution in [-0.4, -0.2) is 9.97 Å². The van der Waals surface area contributed by atoms with Gasteiger partial charge < -0.3 is 5.73 Å². The molecule has 1 saturated carbocycles. The van der Waals surface area contributed by atoms with Gasteiger partial charge in [-0.05, 0) is 37.2 Å². The van der Waals surface area contributed by atoms with Crippen molar-refractivity contribution >= 4 is 5.95 Å². The van der Waals surface area contributed by atoms with Gasteiger partial charge in [0.15, 0.2) is 0 Å². The molecule has 15 heavy (non-hydrogen) atoms. The molecule has 3 heteroatoms. The molecule has 0 radical (unpaired) electrons. The Hall–Kier alpha value is -1.12. The third-order valence-corrected chi connectivity index (χ3v) is 3.96. The topological polar surface area (TPSA) is 51.8 Å². The Bertz CT molecular complexity index is 375. The first-order valence-electron chi connectivity index (χ1n) is 5.96. The van der Waals surface area contributed by atoms with E-state index in [9.17, 15) is 0 Å². The first-order chi connectivity index (χ1) is 7.34. The van der Waals surface area contributed by atoms with Gasteiger partial charge in [0.25, 0.3) is 0 Å². The predicted molar refractivity (Wildman–Crippen MR) is 59.5 cm³/mol. The summed E-state index contributed by atoms with van der Waals surface area (Å²) in [6.45, 7) is 0. The highest BCUT2D eigenvalue weighted by Crippen LogP contribution is 2.43. The van der Waals surface area contributed by atoms with E-state index in [0.29, 0.717) is 11.9 Å². The van der Waals surface area contributed by atoms with E-state index in [1.807, 2.05) is 6.20 Å². The molecule has 0 bridgehead atoms. The van der Waals surface area contributed by atoms with Crippen molar-refractivity contribution in [2.45, 2.75) is 44.4 Å². The molecule has 2 aliphatic rings. The van der Waals surface area contributed by atoms with Gasteiger partial charge in [-0.1, -0.05) is 12.8 Å². The van der Waals surface area contributed by atoms with E-state index < -0.39 is 0 Å². The van der Waals surface area contributed by atoms with Gasteiger partial charge in [0.1, 0.15) is 0 Å². The number of nitrogens with zero attached hydrogens (tertiary/aromatic N) is 2. The highest BCUT2D eigenvalue weighted by molar-refractivity contribution is 5.30. The third-order valence-electron chi connectivity index (χ3n) is 3.96. The Kier molecular flexibility index (Phi) is 2.11. The number of hydrogen-bond acceptors (Lipinski definition) is 3. The summed E-state index contributed by atoms with van der Waals surface area (Å²) in [5, 5.41) is 0. The van der Waals surface area contributed by atoms with E-state index in [0.717, 1.165) is 12.3 Å². The van der Waals surface area contributed by atoms with Gasteiger partial charge in [-0.15, -0.1) is 0 Å². The summed E-state index contributed by atoms with van der Waals surface area (Å²) in [7, 11) is 0. The van der Waals surface area contributed by atoms with Gasteiger partial charge in [0.05, 0.1) is 5.69 Å². The van der Waals surface area contributed by atoms with E-state index >= 15 is 0 Å². The molecule has 1 aromatic heterocycles. The Balaban J connectivity index is 2.01. The lowest BCUT2D eigenvalue weighted by Crippen LogP contribution is -2.25. The monoisotopic (exact) mass is 203 g/mol. The second-order valence-electron chi connectivity index (χ2n) is 4.83. The summed E-state index contributed by atoms with van der Waals surface area (Å²) in [5.74, 6) is 1.98. The summed E-state index contributed by atoms with van der Waals surface area (Å²) >= 11 is 0. The van der Waals surface area contributed by atoms with Crippen LogP contribution in [0.15, 0.2) is 6.20 Å². The fourth-order valence-electron chi connectivity index (χ4n) is 3.20. The van der Waals surface area contributed by atoms with Crippen molar-refractivity contribution in [3.8, 4) is 0 Å². The predicted octanol–water partition coefficient (Wildman–Crippen LogP) is 2.28. The summed E-state index contributed by atoms with van der Waals surface area (Å²) in [5.41, 5.74) is 8.28. The Morgan fingerprint density at radius 2 is 2.07 bits per heavy atom. The molecule has 1 heterocycles. The molecule has 2 unspecified atom stereocenters. The lowest BCUT2D eigenvalue weighted by Gasteiger charge is -2.36. The highest BCUT2D eigenvalue weighted by atomic mass is 15.0. The largest absolute Gasteiger partial charge is 0.368 e. The zero-order valence-corrected chi connectivity index (χ0v) is 8.95. The fraction of sp³-hybridized carbons (Fsp3) is 0.667. The van der Waals surface area contributed by atoms with Crippen LogP contribution in [-0.2, 0) is 6.42 Å². The molecule has 0 saturated heterocycles. The molecule has 80 valence electrons. The van der Waals surface area contributed by atoms with Crippen LogP contribution in [0.1, 0.15) is 49.3 Å². The average molecular weight is 203 g/mol. The van der Waals surface area contributed by atoms with Crippen molar-refractivity contribution in [1.82, 2.24) is 9.97 Å². The summed E-state index contributed by atoms with van der Waals surface area (Å²) < 4.78 is 0. The van der Waals surface area contributed by atoms with Crippen molar-refractivity contribution in [3.63, 3.8) is 0 Å². The number of nitrogen functional groups attached to an aromatic ring is 1. The minimum atomic E-state index is 0.444. The molecular weight excluding hydrogens is 186 g/mol. The second-order valence-corrected chi connectivity index (χ2v) is 4.83. The zero-order valence-electron chi connectivity index (χ0n) is 8.95. The Labute approximate surface area is 90.1 Å². The Morgan fingerprint density at radius 1 is 1.20 bits per heavy atom. The van der Waals surface area contributed by atoms with E-state index in [-0.39, 0.29) is 0 Å². The van der Waals surface area contributed by atoms with Gasteiger partial charge in [-0.3, -0.25) is 0 Å². The maximum absolute atomic E-state index is 5.68. The van der Waals surface area contributed by atoms with Crippen LogP contribution in [0.4, 0.5) is 5.95 Å². The molecule has 1 aromatic rings. The molecule has 3 rings (SSSR count). The Morgan fingerprint density at radius 3 is 3.00 bits per heavy atom.